The summed E-state index contributed by atoms with van der Waals surface area (Å²) in [5.74, 6) is -59.3. The topological polar surface area (TPSA) is 56.8 Å². The lowest BCUT2D eigenvalue weighted by Gasteiger charge is -2.44. The molecule has 2 atom stereocenters. The molecule has 0 aliphatic heterocycles. The van der Waals surface area contributed by atoms with Gasteiger partial charge >= 0.3 is 53.7 Å². The van der Waals surface area contributed by atoms with E-state index in [0.29, 0.717) is 11.6 Å². The SMILES string of the molecule is C=C[C@@H](C)[C@H](OC(=O)Nc1ccc(F)cc1F)c1ccc(OCCO[Si](CCC(F)(F)C(F)(F)C(F)(F)C(F)(F)C(F)(F)C(F)(F)C(F)(F)C(F)(F)F)(C(C)C)C(C)C)cc1. The molecule has 25 heteroatoms. The van der Waals surface area contributed by atoms with E-state index in [1.807, 2.05) is 0 Å². The van der Waals surface area contributed by atoms with Gasteiger partial charge in [0.25, 0.3) is 0 Å². The highest BCUT2D eigenvalue weighted by atomic mass is 28.4. The van der Waals surface area contributed by atoms with E-state index < -0.39 is 128 Å². The van der Waals surface area contributed by atoms with Crippen LogP contribution in [0.5, 0.6) is 5.75 Å². The maximum absolute atomic E-state index is 14.9. The van der Waals surface area contributed by atoms with E-state index in [-0.39, 0.29) is 5.75 Å². The number of ether oxygens (including phenoxy) is 2. The lowest BCUT2D eigenvalue weighted by Crippen LogP contribution is -2.74. The van der Waals surface area contributed by atoms with E-state index in [2.05, 4.69) is 11.9 Å². The predicted octanol–water partition coefficient (Wildman–Crippen LogP) is 13.6. The second-order valence-electron chi connectivity index (χ2n) is 14.3. The summed E-state index contributed by atoms with van der Waals surface area (Å²) in [5, 5.41) is 2.13. The van der Waals surface area contributed by atoms with Gasteiger partial charge in [-0.1, -0.05) is 52.8 Å². The second-order valence-corrected chi connectivity index (χ2v) is 19.4. The monoisotopic (exact) mass is 937 g/mol. The molecule has 0 bridgehead atoms. The van der Waals surface area contributed by atoms with Crippen molar-refractivity contribution in [1.82, 2.24) is 0 Å². The van der Waals surface area contributed by atoms with E-state index in [0.717, 1.165) is 12.1 Å². The summed E-state index contributed by atoms with van der Waals surface area (Å²) in [7, 11) is -4.01. The number of amides is 1. The maximum atomic E-state index is 14.9. The third-order valence-electron chi connectivity index (χ3n) is 9.75. The van der Waals surface area contributed by atoms with Crippen molar-refractivity contribution in [3.8, 4) is 5.75 Å². The summed E-state index contributed by atoms with van der Waals surface area (Å²) >= 11 is 0. The fourth-order valence-electron chi connectivity index (χ4n) is 5.95. The molecule has 0 saturated carbocycles. The van der Waals surface area contributed by atoms with Crippen LogP contribution in [0.2, 0.25) is 17.1 Å². The minimum absolute atomic E-state index is 0.0845. The van der Waals surface area contributed by atoms with Crippen molar-refractivity contribution in [2.45, 2.75) is 112 Å². The van der Waals surface area contributed by atoms with E-state index >= 15 is 0 Å². The highest BCUT2D eigenvalue weighted by Crippen LogP contribution is 2.64. The quantitative estimate of drug-likeness (QED) is 0.0586. The van der Waals surface area contributed by atoms with Crippen LogP contribution in [0, 0.1) is 17.6 Å². The summed E-state index contributed by atoms with van der Waals surface area (Å²) in [6.45, 7) is 9.44. The second kappa shape index (κ2) is 18.4. The van der Waals surface area contributed by atoms with E-state index in [4.69, 9.17) is 13.9 Å². The largest absolute Gasteiger partial charge is 0.491 e. The van der Waals surface area contributed by atoms with Crippen LogP contribution in [-0.2, 0) is 9.16 Å². The van der Waals surface area contributed by atoms with Crippen molar-refractivity contribution in [3.05, 3.63) is 72.3 Å². The number of anilines is 1. The Bertz CT molecular complexity index is 1800. The van der Waals surface area contributed by atoms with Crippen molar-refractivity contribution >= 4 is 20.1 Å². The smallest absolute Gasteiger partial charge is 0.460 e. The van der Waals surface area contributed by atoms with E-state index in [1.165, 1.54) is 58.0 Å². The van der Waals surface area contributed by atoms with Gasteiger partial charge in [0.15, 0.2) is 8.32 Å². The zero-order valence-electron chi connectivity index (χ0n) is 32.3. The third-order valence-corrected chi connectivity index (χ3v) is 15.4. The van der Waals surface area contributed by atoms with Gasteiger partial charge in [-0.25, -0.2) is 13.6 Å². The minimum Gasteiger partial charge on any atom is -0.491 e. The first-order valence-electron chi connectivity index (χ1n) is 17.6. The van der Waals surface area contributed by atoms with Gasteiger partial charge in [-0.3, -0.25) is 5.32 Å². The van der Waals surface area contributed by atoms with Gasteiger partial charge in [0.1, 0.15) is 30.1 Å². The Morgan fingerprint density at radius 2 is 1.16 bits per heavy atom. The number of halogens is 19. The molecule has 1 N–H and O–H groups in total. The molecule has 1 amide bonds. The molecule has 0 aromatic heterocycles. The number of alkyl halides is 17. The van der Waals surface area contributed by atoms with Crippen molar-refractivity contribution in [2.24, 2.45) is 5.92 Å². The first kappa shape index (κ1) is 53.2. The fourth-order valence-corrected chi connectivity index (χ4v) is 10.4. The van der Waals surface area contributed by atoms with E-state index in [1.54, 1.807) is 6.92 Å². The van der Waals surface area contributed by atoms with Crippen molar-refractivity contribution in [3.63, 3.8) is 0 Å². The Balaban J connectivity index is 2.25. The van der Waals surface area contributed by atoms with E-state index in [9.17, 15) is 88.2 Å². The molecule has 2 aromatic rings. The number of carbonyl (C=O) groups excluding carboxylic acids is 1. The Morgan fingerprint density at radius 3 is 1.61 bits per heavy atom. The molecule has 61 heavy (non-hydrogen) atoms. The third kappa shape index (κ3) is 10.2. The van der Waals surface area contributed by atoms with Crippen LogP contribution in [0.4, 0.5) is 93.9 Å². The number of rotatable bonds is 21. The molecule has 0 fully saturated rings. The number of nitrogens with one attached hydrogen (secondary N) is 1. The molecular formula is C36H38F19NO4Si. The number of benzene rings is 2. The summed E-state index contributed by atoms with van der Waals surface area (Å²) in [6, 6.07) is 6.52. The first-order valence-corrected chi connectivity index (χ1v) is 19.8. The lowest BCUT2D eigenvalue weighted by atomic mass is 9.88. The zero-order valence-corrected chi connectivity index (χ0v) is 33.3. The molecule has 5 nitrogen and oxygen atoms in total. The van der Waals surface area contributed by atoms with Crippen LogP contribution in [0.15, 0.2) is 55.1 Å². The van der Waals surface area contributed by atoms with Crippen LogP contribution in [0.3, 0.4) is 0 Å². The summed E-state index contributed by atoms with van der Waals surface area (Å²) < 4.78 is 279. The Hall–Kier alpha value is -3.90. The normalized spacial score (nSPS) is 15.2. The van der Waals surface area contributed by atoms with Gasteiger partial charge < -0.3 is 13.9 Å². The highest BCUT2D eigenvalue weighted by molar-refractivity contribution is 6.76. The van der Waals surface area contributed by atoms with Gasteiger partial charge in [-0.15, -0.1) is 6.58 Å². The molecule has 348 valence electrons. The van der Waals surface area contributed by atoms with Gasteiger partial charge in [0.05, 0.1) is 12.3 Å². The number of carbonyl (C=O) groups is 1. The van der Waals surface area contributed by atoms with Crippen LogP contribution >= 0.6 is 0 Å². The molecule has 2 aromatic carbocycles. The van der Waals surface area contributed by atoms with Gasteiger partial charge in [-0.2, -0.15) is 74.6 Å². The van der Waals surface area contributed by atoms with Gasteiger partial charge in [-0.05, 0) is 47.0 Å². The molecule has 0 spiro atoms. The molecule has 0 aliphatic rings. The number of hydrogen-bond acceptors (Lipinski definition) is 4. The molecular weight excluding hydrogens is 899 g/mol. The van der Waals surface area contributed by atoms with Crippen LogP contribution in [-0.4, -0.2) is 75.3 Å². The Morgan fingerprint density at radius 1 is 0.689 bits per heavy atom. The van der Waals surface area contributed by atoms with Crippen molar-refractivity contribution in [2.75, 3.05) is 18.5 Å². The maximum Gasteiger partial charge on any atom is 0.460 e. The predicted molar refractivity (Wildman–Crippen MR) is 183 cm³/mol. The molecule has 0 heterocycles. The van der Waals surface area contributed by atoms with Crippen molar-refractivity contribution in [1.29, 1.82) is 0 Å². The van der Waals surface area contributed by atoms with Gasteiger partial charge in [0, 0.05) is 18.4 Å². The van der Waals surface area contributed by atoms with Crippen LogP contribution in [0.25, 0.3) is 0 Å². The first-order chi connectivity index (χ1) is 27.4. The molecule has 0 aliphatic carbocycles. The van der Waals surface area contributed by atoms with Gasteiger partial charge in [0.2, 0.25) is 0 Å². The highest BCUT2D eigenvalue weighted by Gasteiger charge is 2.95. The molecule has 0 unspecified atom stereocenters. The average Bonchev–Trinajstić information content (AvgIpc) is 3.13. The standard InChI is InChI=1S/C36H38F19NO4Si/c1-7-21(6)27(60-28(57)56-26-13-10-23(37)18-25(26)38)22-8-11-24(12-9-22)58-15-16-59-61(19(2)3,20(4)5)17-14-29(39,40)30(41,42)31(43,44)32(45,46)33(47,48)34(49,50)35(51,52)36(53,54)55/h7-13,18-21,27H,1,14-17H2,2-6H3,(H,56,57)/t21-,27+/m1/s1. The fraction of sp³-hybridized carbons (Fsp3) is 0.583. The lowest BCUT2D eigenvalue weighted by molar-refractivity contribution is -0.461. The average molecular weight is 938 g/mol. The zero-order chi connectivity index (χ0) is 47.6. The minimum atomic E-state index is -8.70. The van der Waals surface area contributed by atoms with Crippen LogP contribution in [0.1, 0.15) is 52.7 Å². The number of hydrogen-bond donors (Lipinski definition) is 1. The summed E-state index contributed by atoms with van der Waals surface area (Å²) in [4.78, 5) is 12.5. The molecule has 0 saturated heterocycles. The summed E-state index contributed by atoms with van der Waals surface area (Å²) in [5.41, 5.74) is -1.84. The van der Waals surface area contributed by atoms with Crippen molar-refractivity contribution < 1.29 is 102 Å². The molecule has 2 rings (SSSR count). The summed E-state index contributed by atoms with van der Waals surface area (Å²) in [6.07, 6.45) is -11.2. The van der Waals surface area contributed by atoms with Crippen LogP contribution < -0.4 is 10.1 Å². The Kier molecular flexibility index (Phi) is 16.1. The molecule has 0 radical (unpaired) electrons. The Labute approximate surface area is 336 Å².